The van der Waals surface area contributed by atoms with Gasteiger partial charge in [0.05, 0.1) is 20.3 Å². The fourth-order valence-corrected chi connectivity index (χ4v) is 3.53. The fourth-order valence-electron chi connectivity index (χ4n) is 3.34. The van der Waals surface area contributed by atoms with Gasteiger partial charge >= 0.3 is 0 Å². The van der Waals surface area contributed by atoms with E-state index in [9.17, 15) is 4.79 Å². The normalized spacial score (nSPS) is 16.7. The largest absolute Gasteiger partial charge is 0.493 e. The molecule has 0 spiro atoms. The number of fused-ring (bicyclic) bond motifs is 1. The summed E-state index contributed by atoms with van der Waals surface area (Å²) in [5.74, 6) is 1.30. The Morgan fingerprint density at radius 1 is 1.23 bits per heavy atom. The molecule has 0 saturated carbocycles. The molecule has 26 heavy (non-hydrogen) atoms. The molecule has 0 aromatic heterocycles. The van der Waals surface area contributed by atoms with Gasteiger partial charge < -0.3 is 14.8 Å². The van der Waals surface area contributed by atoms with Gasteiger partial charge in [-0.15, -0.1) is 0 Å². The summed E-state index contributed by atoms with van der Waals surface area (Å²) in [5, 5.41) is 3.57. The molecule has 0 fully saturated rings. The molecule has 2 aromatic rings. The summed E-state index contributed by atoms with van der Waals surface area (Å²) in [5.41, 5.74) is 2.94. The van der Waals surface area contributed by atoms with Crippen molar-refractivity contribution in [1.29, 1.82) is 0 Å². The van der Waals surface area contributed by atoms with E-state index in [1.54, 1.807) is 38.5 Å². The number of likely N-dealkylation sites (N-methyl/N-ethyl adjacent to an activating group) is 1. The topological polar surface area (TPSA) is 50.8 Å². The van der Waals surface area contributed by atoms with E-state index in [2.05, 4.69) is 17.3 Å². The number of methoxy groups -OCH3 is 2. The van der Waals surface area contributed by atoms with E-state index in [0.717, 1.165) is 24.3 Å². The van der Waals surface area contributed by atoms with Crippen LogP contribution in [0.3, 0.4) is 0 Å². The van der Waals surface area contributed by atoms with Crippen LogP contribution in [0.15, 0.2) is 36.4 Å². The minimum absolute atomic E-state index is 0.0710. The van der Waals surface area contributed by atoms with Gasteiger partial charge in [-0.25, -0.2) is 0 Å². The molecule has 1 aliphatic heterocycles. The Hall–Kier alpha value is -2.24. The lowest BCUT2D eigenvalue weighted by atomic mass is 9.92. The first-order valence-electron chi connectivity index (χ1n) is 8.52. The van der Waals surface area contributed by atoms with Crippen LogP contribution < -0.4 is 14.8 Å². The van der Waals surface area contributed by atoms with Crippen LogP contribution in [0.5, 0.6) is 11.5 Å². The molecule has 5 nitrogen and oxygen atoms in total. The molecule has 1 amide bonds. The van der Waals surface area contributed by atoms with Gasteiger partial charge in [0.15, 0.2) is 11.5 Å². The molecular formula is C20H23ClN2O3. The maximum atomic E-state index is 12.4. The number of rotatable bonds is 5. The van der Waals surface area contributed by atoms with E-state index >= 15 is 0 Å². The van der Waals surface area contributed by atoms with E-state index in [1.807, 2.05) is 12.1 Å². The molecule has 0 aliphatic carbocycles. The summed E-state index contributed by atoms with van der Waals surface area (Å²) in [6.07, 6.45) is 0.935. The summed E-state index contributed by atoms with van der Waals surface area (Å²) in [6.45, 7) is 1.42. The van der Waals surface area contributed by atoms with E-state index in [4.69, 9.17) is 21.1 Å². The highest BCUT2D eigenvalue weighted by Crippen LogP contribution is 2.37. The maximum absolute atomic E-state index is 12.4. The van der Waals surface area contributed by atoms with E-state index in [0.29, 0.717) is 22.9 Å². The Bertz CT molecular complexity index is 810. The van der Waals surface area contributed by atoms with Gasteiger partial charge in [-0.3, -0.25) is 9.69 Å². The third-order valence-electron chi connectivity index (χ3n) is 4.81. The lowest BCUT2D eigenvalue weighted by Crippen LogP contribution is -2.40. The lowest BCUT2D eigenvalue weighted by molar-refractivity contribution is 0.0936. The highest BCUT2D eigenvalue weighted by atomic mass is 35.5. The minimum atomic E-state index is -0.131. The molecule has 2 aromatic carbocycles. The third-order valence-corrected chi connectivity index (χ3v) is 5.05. The molecule has 0 radical (unpaired) electrons. The minimum Gasteiger partial charge on any atom is -0.493 e. The Labute approximate surface area is 158 Å². The zero-order valence-corrected chi connectivity index (χ0v) is 16.0. The Morgan fingerprint density at radius 2 is 1.96 bits per heavy atom. The molecule has 1 heterocycles. The summed E-state index contributed by atoms with van der Waals surface area (Å²) in [4.78, 5) is 14.7. The van der Waals surface area contributed by atoms with Gasteiger partial charge in [-0.2, -0.15) is 0 Å². The van der Waals surface area contributed by atoms with Crippen LogP contribution in [0.1, 0.15) is 27.5 Å². The summed E-state index contributed by atoms with van der Waals surface area (Å²) < 4.78 is 10.9. The number of amides is 1. The number of nitrogens with one attached hydrogen (secondary N) is 1. The van der Waals surface area contributed by atoms with E-state index < -0.39 is 0 Å². The second kappa shape index (κ2) is 7.98. The van der Waals surface area contributed by atoms with Gasteiger partial charge in [0.2, 0.25) is 0 Å². The Morgan fingerprint density at radius 3 is 2.65 bits per heavy atom. The zero-order valence-electron chi connectivity index (χ0n) is 15.2. The second-order valence-electron chi connectivity index (χ2n) is 6.37. The highest BCUT2D eigenvalue weighted by molar-refractivity contribution is 6.30. The Balaban J connectivity index is 1.81. The first-order chi connectivity index (χ1) is 12.5. The van der Waals surface area contributed by atoms with Crippen LogP contribution in [0.25, 0.3) is 0 Å². The van der Waals surface area contributed by atoms with Gasteiger partial charge in [0.25, 0.3) is 5.91 Å². The number of carbonyl (C=O) groups is 1. The standard InChI is InChI=1S/C20H23ClN2O3/c1-23-8-7-13-10-18(25-2)19(26-3)11-16(13)17(23)12-22-20(24)14-5-4-6-15(21)9-14/h4-6,9-11,17H,7-8,12H2,1-3H3,(H,22,24). The SMILES string of the molecule is COc1cc2c(cc1OC)C(CNC(=O)c1cccc(Cl)c1)N(C)CC2. The highest BCUT2D eigenvalue weighted by Gasteiger charge is 2.27. The maximum Gasteiger partial charge on any atom is 0.251 e. The van der Waals surface area contributed by atoms with Crippen molar-refractivity contribution in [2.75, 3.05) is 34.4 Å². The monoisotopic (exact) mass is 374 g/mol. The Kier molecular flexibility index (Phi) is 5.69. The van der Waals surface area contributed by atoms with Crippen molar-refractivity contribution in [3.05, 3.63) is 58.1 Å². The van der Waals surface area contributed by atoms with Gasteiger partial charge in [-0.1, -0.05) is 17.7 Å². The summed E-state index contributed by atoms with van der Waals surface area (Å²) in [7, 11) is 5.34. The molecular weight excluding hydrogens is 352 g/mol. The van der Waals surface area contributed by atoms with Crippen LogP contribution in [0.4, 0.5) is 0 Å². The number of nitrogens with zero attached hydrogens (tertiary/aromatic N) is 1. The van der Waals surface area contributed by atoms with Gasteiger partial charge in [0.1, 0.15) is 0 Å². The fraction of sp³-hybridized carbons (Fsp3) is 0.350. The van der Waals surface area contributed by atoms with Gasteiger partial charge in [0, 0.05) is 23.7 Å². The first-order valence-corrected chi connectivity index (χ1v) is 8.90. The van der Waals surface area contributed by atoms with Crippen molar-refractivity contribution in [1.82, 2.24) is 10.2 Å². The number of halogens is 1. The van der Waals surface area contributed by atoms with Crippen molar-refractivity contribution < 1.29 is 14.3 Å². The molecule has 1 unspecified atom stereocenters. The molecule has 1 aliphatic rings. The third kappa shape index (κ3) is 3.79. The molecule has 0 bridgehead atoms. The van der Waals surface area contributed by atoms with Crippen LogP contribution in [-0.4, -0.2) is 45.2 Å². The zero-order chi connectivity index (χ0) is 18.7. The number of benzene rings is 2. The predicted octanol–water partition coefficient (Wildman–Crippen LogP) is 3.32. The molecule has 3 rings (SSSR count). The molecule has 1 atom stereocenters. The smallest absolute Gasteiger partial charge is 0.251 e. The second-order valence-corrected chi connectivity index (χ2v) is 6.81. The average Bonchev–Trinajstić information content (AvgIpc) is 2.65. The number of ether oxygens (including phenoxy) is 2. The van der Waals surface area contributed by atoms with Crippen LogP contribution in [0.2, 0.25) is 5.02 Å². The average molecular weight is 375 g/mol. The van der Waals surface area contributed by atoms with Crippen molar-refractivity contribution in [2.24, 2.45) is 0 Å². The van der Waals surface area contributed by atoms with Crippen LogP contribution in [-0.2, 0) is 6.42 Å². The van der Waals surface area contributed by atoms with Crippen molar-refractivity contribution >= 4 is 17.5 Å². The predicted molar refractivity (Wildman–Crippen MR) is 102 cm³/mol. The molecule has 0 saturated heterocycles. The quantitative estimate of drug-likeness (QED) is 0.872. The van der Waals surface area contributed by atoms with Crippen LogP contribution >= 0.6 is 11.6 Å². The van der Waals surface area contributed by atoms with E-state index in [-0.39, 0.29) is 11.9 Å². The number of hydrogen-bond donors (Lipinski definition) is 1. The first kappa shape index (κ1) is 18.5. The molecule has 1 N–H and O–H groups in total. The van der Waals surface area contributed by atoms with Crippen molar-refractivity contribution in [3.8, 4) is 11.5 Å². The molecule has 138 valence electrons. The summed E-state index contributed by atoms with van der Waals surface area (Å²) >= 11 is 5.98. The van der Waals surface area contributed by atoms with Crippen molar-refractivity contribution in [2.45, 2.75) is 12.5 Å². The van der Waals surface area contributed by atoms with Crippen molar-refractivity contribution in [3.63, 3.8) is 0 Å². The van der Waals surface area contributed by atoms with Gasteiger partial charge in [-0.05, 0) is 54.9 Å². The van der Waals surface area contributed by atoms with E-state index in [1.165, 1.54) is 5.56 Å². The molecule has 6 heteroatoms. The lowest BCUT2D eigenvalue weighted by Gasteiger charge is -2.35. The summed E-state index contributed by atoms with van der Waals surface area (Å²) in [6, 6.07) is 11.1. The number of hydrogen-bond acceptors (Lipinski definition) is 4. The number of carbonyl (C=O) groups excluding carboxylic acids is 1. The van der Waals surface area contributed by atoms with Crippen LogP contribution in [0, 0.1) is 0 Å².